The van der Waals surface area contributed by atoms with Gasteiger partial charge in [0.1, 0.15) is 0 Å². The summed E-state index contributed by atoms with van der Waals surface area (Å²) in [7, 11) is 0. The van der Waals surface area contributed by atoms with Crippen LogP contribution in [0.5, 0.6) is 0 Å². The molecule has 13 heavy (non-hydrogen) atoms. The first-order valence-electron chi connectivity index (χ1n) is 4.29. The number of aliphatic carboxylic acids is 2. The zero-order valence-electron chi connectivity index (χ0n) is 7.19. The molecule has 0 spiro atoms. The van der Waals surface area contributed by atoms with Gasteiger partial charge in [0.15, 0.2) is 0 Å². The topological polar surface area (TPSA) is 74.6 Å². The van der Waals surface area contributed by atoms with Gasteiger partial charge in [0.05, 0.1) is 5.92 Å². The van der Waals surface area contributed by atoms with Gasteiger partial charge >= 0.3 is 11.9 Å². The van der Waals surface area contributed by atoms with E-state index < -0.39 is 17.9 Å². The van der Waals surface area contributed by atoms with Crippen molar-refractivity contribution < 1.29 is 19.8 Å². The maximum Gasteiger partial charge on any atom is 0.332 e. The minimum absolute atomic E-state index is 0.0463. The van der Waals surface area contributed by atoms with E-state index in [1.807, 2.05) is 0 Å². The number of carboxylic acids is 2. The normalized spacial score (nSPS) is 23.1. The second-order valence-electron chi connectivity index (χ2n) is 3.14. The van der Waals surface area contributed by atoms with Crippen LogP contribution in [0.2, 0.25) is 0 Å². The Morgan fingerprint density at radius 2 is 2.00 bits per heavy atom. The average molecular weight is 184 g/mol. The van der Waals surface area contributed by atoms with Crippen molar-refractivity contribution >= 4 is 11.9 Å². The number of hydrogen-bond donors (Lipinski definition) is 2. The summed E-state index contributed by atoms with van der Waals surface area (Å²) in [6.45, 7) is 0. The maximum atomic E-state index is 10.7. The smallest absolute Gasteiger partial charge is 0.332 e. The number of hydrogen-bond acceptors (Lipinski definition) is 2. The van der Waals surface area contributed by atoms with E-state index in [-0.39, 0.29) is 5.57 Å². The molecule has 0 aromatic heterocycles. The fourth-order valence-electron chi connectivity index (χ4n) is 1.54. The van der Waals surface area contributed by atoms with E-state index in [0.29, 0.717) is 12.8 Å². The number of carboxylic acid groups (broad SMARTS) is 2. The standard InChI is InChI=1S/C9H12O4/c10-8(11)6-4-2-1-3-5-7(6)9(12)13/h4,7H,1-3,5H2,(H,10,11)(H,12,13). The van der Waals surface area contributed by atoms with Crippen molar-refractivity contribution in [2.75, 3.05) is 0 Å². The quantitative estimate of drug-likeness (QED) is 0.677. The fraction of sp³-hybridized carbons (Fsp3) is 0.556. The van der Waals surface area contributed by atoms with Crippen LogP contribution in [0.4, 0.5) is 0 Å². The SMILES string of the molecule is O=C(O)C1=CCCCCC1C(=O)O. The van der Waals surface area contributed by atoms with Crippen LogP contribution in [-0.2, 0) is 9.59 Å². The summed E-state index contributed by atoms with van der Waals surface area (Å²) in [4.78, 5) is 21.4. The molecule has 0 heterocycles. The Morgan fingerprint density at radius 1 is 1.31 bits per heavy atom. The van der Waals surface area contributed by atoms with Gasteiger partial charge in [-0.2, -0.15) is 0 Å². The van der Waals surface area contributed by atoms with E-state index in [1.54, 1.807) is 0 Å². The molecule has 4 heteroatoms. The highest BCUT2D eigenvalue weighted by Gasteiger charge is 2.27. The predicted octanol–water partition coefficient (Wildman–Crippen LogP) is 1.27. The number of carbonyl (C=O) groups is 2. The van der Waals surface area contributed by atoms with Crippen molar-refractivity contribution in [1.82, 2.24) is 0 Å². The summed E-state index contributed by atoms with van der Waals surface area (Å²) in [5.74, 6) is -2.95. The van der Waals surface area contributed by atoms with E-state index in [4.69, 9.17) is 10.2 Å². The van der Waals surface area contributed by atoms with Gasteiger partial charge in [0.2, 0.25) is 0 Å². The van der Waals surface area contributed by atoms with Gasteiger partial charge in [-0.05, 0) is 19.3 Å². The summed E-state index contributed by atoms with van der Waals surface area (Å²) in [5, 5.41) is 17.5. The first kappa shape index (κ1) is 9.77. The molecule has 0 amide bonds. The lowest BCUT2D eigenvalue weighted by Gasteiger charge is -2.09. The maximum absolute atomic E-state index is 10.7. The third-order valence-corrected chi connectivity index (χ3v) is 2.23. The number of allylic oxidation sites excluding steroid dienone is 1. The second-order valence-corrected chi connectivity index (χ2v) is 3.14. The van der Waals surface area contributed by atoms with Crippen molar-refractivity contribution in [3.8, 4) is 0 Å². The Kier molecular flexibility index (Phi) is 3.06. The first-order valence-corrected chi connectivity index (χ1v) is 4.29. The van der Waals surface area contributed by atoms with Gasteiger partial charge < -0.3 is 10.2 Å². The second kappa shape index (κ2) is 4.07. The molecule has 2 N–H and O–H groups in total. The van der Waals surface area contributed by atoms with Crippen LogP contribution in [0, 0.1) is 5.92 Å². The van der Waals surface area contributed by atoms with Crippen LogP contribution in [0.15, 0.2) is 11.6 Å². The Hall–Kier alpha value is -1.32. The molecule has 4 nitrogen and oxygen atoms in total. The third kappa shape index (κ3) is 2.31. The van der Waals surface area contributed by atoms with Gasteiger partial charge in [-0.25, -0.2) is 4.79 Å². The van der Waals surface area contributed by atoms with Crippen molar-refractivity contribution in [2.24, 2.45) is 5.92 Å². The fourth-order valence-corrected chi connectivity index (χ4v) is 1.54. The molecule has 0 aliphatic heterocycles. The first-order chi connectivity index (χ1) is 6.13. The zero-order valence-corrected chi connectivity index (χ0v) is 7.19. The molecule has 1 aliphatic rings. The van der Waals surface area contributed by atoms with Gasteiger partial charge in [-0.1, -0.05) is 12.5 Å². The Balaban J connectivity index is 2.88. The van der Waals surface area contributed by atoms with Crippen LogP contribution in [-0.4, -0.2) is 22.2 Å². The lowest BCUT2D eigenvalue weighted by atomic mass is 9.96. The van der Waals surface area contributed by atoms with E-state index >= 15 is 0 Å². The highest BCUT2D eigenvalue weighted by molar-refractivity contribution is 5.93. The zero-order chi connectivity index (χ0) is 9.84. The van der Waals surface area contributed by atoms with Gasteiger partial charge in [0.25, 0.3) is 0 Å². The molecule has 1 atom stereocenters. The average Bonchev–Trinajstić information content (AvgIpc) is 2.27. The molecule has 0 saturated carbocycles. The monoisotopic (exact) mass is 184 g/mol. The highest BCUT2D eigenvalue weighted by Crippen LogP contribution is 2.24. The van der Waals surface area contributed by atoms with E-state index in [2.05, 4.69) is 0 Å². The molecule has 1 aliphatic carbocycles. The van der Waals surface area contributed by atoms with Gasteiger partial charge in [-0.15, -0.1) is 0 Å². The minimum Gasteiger partial charge on any atom is -0.481 e. The van der Waals surface area contributed by atoms with E-state index in [0.717, 1.165) is 12.8 Å². The van der Waals surface area contributed by atoms with Crippen molar-refractivity contribution in [3.05, 3.63) is 11.6 Å². The molecule has 1 unspecified atom stereocenters. The molecule has 1 rings (SSSR count). The highest BCUT2D eigenvalue weighted by atomic mass is 16.4. The van der Waals surface area contributed by atoms with Crippen molar-refractivity contribution in [2.45, 2.75) is 25.7 Å². The molecule has 0 radical (unpaired) electrons. The van der Waals surface area contributed by atoms with Crippen LogP contribution in [0.1, 0.15) is 25.7 Å². The Morgan fingerprint density at radius 3 is 2.54 bits per heavy atom. The minimum atomic E-state index is -1.10. The Labute approximate surface area is 75.9 Å². The summed E-state index contributed by atoms with van der Waals surface area (Å²) >= 11 is 0. The van der Waals surface area contributed by atoms with Crippen LogP contribution < -0.4 is 0 Å². The summed E-state index contributed by atoms with van der Waals surface area (Å²) in [6, 6.07) is 0. The molecular formula is C9H12O4. The molecule has 72 valence electrons. The lowest BCUT2D eigenvalue weighted by molar-refractivity contribution is -0.144. The van der Waals surface area contributed by atoms with E-state index in [1.165, 1.54) is 6.08 Å². The number of rotatable bonds is 2. The molecule has 0 aromatic rings. The predicted molar refractivity (Wildman–Crippen MR) is 45.3 cm³/mol. The van der Waals surface area contributed by atoms with Crippen molar-refractivity contribution in [1.29, 1.82) is 0 Å². The Bertz CT molecular complexity index is 254. The molecule has 0 bridgehead atoms. The van der Waals surface area contributed by atoms with Crippen LogP contribution >= 0.6 is 0 Å². The summed E-state index contributed by atoms with van der Waals surface area (Å²) in [5.41, 5.74) is 0.0463. The third-order valence-electron chi connectivity index (χ3n) is 2.23. The van der Waals surface area contributed by atoms with Crippen molar-refractivity contribution in [3.63, 3.8) is 0 Å². The van der Waals surface area contributed by atoms with Gasteiger partial charge in [-0.3, -0.25) is 4.79 Å². The summed E-state index contributed by atoms with van der Waals surface area (Å²) < 4.78 is 0. The summed E-state index contributed by atoms with van der Waals surface area (Å²) in [6.07, 6.45) is 4.30. The largest absolute Gasteiger partial charge is 0.481 e. The molecule has 0 aromatic carbocycles. The van der Waals surface area contributed by atoms with Crippen LogP contribution in [0.25, 0.3) is 0 Å². The molecule has 0 fully saturated rings. The van der Waals surface area contributed by atoms with Gasteiger partial charge in [0, 0.05) is 5.57 Å². The molecular weight excluding hydrogens is 172 g/mol. The van der Waals surface area contributed by atoms with Crippen LogP contribution in [0.3, 0.4) is 0 Å². The lowest BCUT2D eigenvalue weighted by Crippen LogP contribution is -2.20. The molecule has 0 saturated heterocycles. The van der Waals surface area contributed by atoms with E-state index in [9.17, 15) is 9.59 Å².